The van der Waals surface area contributed by atoms with Gasteiger partial charge in [-0.15, -0.1) is 4.28 Å². The maximum atomic E-state index is 12.1. The van der Waals surface area contributed by atoms with Crippen molar-refractivity contribution in [1.29, 1.82) is 0 Å². The number of halogens is 1. The SMILES string of the molecule is O=C1Cc2cc(S(=O)(=O)ONc3ccc(Cl)cc3)ccc2N1. The van der Waals surface area contributed by atoms with Crippen LogP contribution >= 0.6 is 11.6 Å². The van der Waals surface area contributed by atoms with E-state index < -0.39 is 10.1 Å². The highest BCUT2D eigenvalue weighted by Crippen LogP contribution is 2.26. The van der Waals surface area contributed by atoms with Gasteiger partial charge in [-0.2, -0.15) is 8.42 Å². The molecule has 0 atom stereocenters. The van der Waals surface area contributed by atoms with E-state index in [2.05, 4.69) is 10.8 Å². The summed E-state index contributed by atoms with van der Waals surface area (Å²) in [5.74, 6) is -0.162. The van der Waals surface area contributed by atoms with Crippen LogP contribution in [0.15, 0.2) is 47.4 Å². The number of hydrogen-bond acceptors (Lipinski definition) is 5. The summed E-state index contributed by atoms with van der Waals surface area (Å²) >= 11 is 5.74. The highest BCUT2D eigenvalue weighted by Gasteiger charge is 2.22. The zero-order valence-electron chi connectivity index (χ0n) is 11.2. The molecular formula is C14H11ClN2O4S. The van der Waals surface area contributed by atoms with Gasteiger partial charge in [-0.05, 0) is 48.0 Å². The van der Waals surface area contributed by atoms with Gasteiger partial charge < -0.3 is 5.32 Å². The standard InChI is InChI=1S/C14H11ClN2O4S/c15-10-1-3-11(4-2-10)17-21-22(19,20)12-5-6-13-9(7-12)8-14(18)16-13/h1-7,17H,8H2,(H,16,18). The Hall–Kier alpha value is -2.09. The Kier molecular flexibility index (Phi) is 3.78. The van der Waals surface area contributed by atoms with E-state index in [1.54, 1.807) is 30.3 Å². The smallest absolute Gasteiger partial charge is 0.317 e. The first-order valence-electron chi connectivity index (χ1n) is 6.32. The Morgan fingerprint density at radius 3 is 2.59 bits per heavy atom. The summed E-state index contributed by atoms with van der Waals surface area (Å²) in [7, 11) is -3.99. The van der Waals surface area contributed by atoms with E-state index in [0.29, 0.717) is 22.0 Å². The zero-order valence-corrected chi connectivity index (χ0v) is 12.7. The van der Waals surface area contributed by atoms with Crippen molar-refractivity contribution in [3.63, 3.8) is 0 Å². The molecule has 0 saturated carbocycles. The van der Waals surface area contributed by atoms with Gasteiger partial charge in [0.15, 0.2) is 0 Å². The molecule has 0 spiro atoms. The lowest BCUT2D eigenvalue weighted by molar-refractivity contribution is -0.115. The van der Waals surface area contributed by atoms with Crippen molar-refractivity contribution in [3.05, 3.63) is 53.1 Å². The molecule has 0 aromatic heterocycles. The van der Waals surface area contributed by atoms with Crippen LogP contribution < -0.4 is 10.8 Å². The summed E-state index contributed by atoms with van der Waals surface area (Å²) in [6, 6.07) is 10.7. The average molecular weight is 339 g/mol. The molecule has 0 radical (unpaired) electrons. The number of hydrogen-bond donors (Lipinski definition) is 2. The lowest BCUT2D eigenvalue weighted by Gasteiger charge is -2.08. The van der Waals surface area contributed by atoms with E-state index in [0.717, 1.165) is 0 Å². The van der Waals surface area contributed by atoms with Gasteiger partial charge in [-0.3, -0.25) is 4.79 Å². The second-order valence-electron chi connectivity index (χ2n) is 4.69. The molecule has 2 aromatic carbocycles. The van der Waals surface area contributed by atoms with Crippen molar-refractivity contribution in [1.82, 2.24) is 0 Å². The van der Waals surface area contributed by atoms with Crippen molar-refractivity contribution in [3.8, 4) is 0 Å². The van der Waals surface area contributed by atoms with Crippen LogP contribution in [-0.2, 0) is 25.6 Å². The summed E-state index contributed by atoms with van der Waals surface area (Å²) in [6.07, 6.45) is 0.156. The fourth-order valence-electron chi connectivity index (χ4n) is 2.03. The first kappa shape index (κ1) is 14.8. The largest absolute Gasteiger partial charge is 0.326 e. The van der Waals surface area contributed by atoms with Crippen LogP contribution in [0.3, 0.4) is 0 Å². The van der Waals surface area contributed by atoms with Crippen LogP contribution in [0.5, 0.6) is 0 Å². The Morgan fingerprint density at radius 1 is 1.14 bits per heavy atom. The number of fused-ring (bicyclic) bond motifs is 1. The molecule has 0 unspecified atom stereocenters. The summed E-state index contributed by atoms with van der Waals surface area (Å²) < 4.78 is 29.1. The normalized spacial score (nSPS) is 13.6. The van der Waals surface area contributed by atoms with Crippen molar-refractivity contribution in [2.24, 2.45) is 0 Å². The fourth-order valence-corrected chi connectivity index (χ4v) is 2.98. The Balaban J connectivity index is 1.77. The molecule has 0 saturated heterocycles. The number of carbonyl (C=O) groups excluding carboxylic acids is 1. The van der Waals surface area contributed by atoms with Gasteiger partial charge in [0.25, 0.3) is 0 Å². The van der Waals surface area contributed by atoms with Crippen LogP contribution in [0, 0.1) is 0 Å². The summed E-state index contributed by atoms with van der Waals surface area (Å²) in [4.78, 5) is 11.3. The second-order valence-corrected chi connectivity index (χ2v) is 6.67. The molecule has 1 aliphatic rings. The van der Waals surface area contributed by atoms with Gasteiger partial charge >= 0.3 is 10.1 Å². The summed E-state index contributed by atoms with van der Waals surface area (Å²) in [5.41, 5.74) is 4.05. The van der Waals surface area contributed by atoms with Gasteiger partial charge in [0.1, 0.15) is 0 Å². The zero-order chi connectivity index (χ0) is 15.7. The first-order valence-corrected chi connectivity index (χ1v) is 8.10. The van der Waals surface area contributed by atoms with E-state index in [-0.39, 0.29) is 17.2 Å². The highest BCUT2D eigenvalue weighted by atomic mass is 35.5. The molecule has 114 valence electrons. The van der Waals surface area contributed by atoms with Crippen LogP contribution in [0.4, 0.5) is 11.4 Å². The molecule has 22 heavy (non-hydrogen) atoms. The molecule has 2 aromatic rings. The van der Waals surface area contributed by atoms with E-state index in [1.807, 2.05) is 0 Å². The highest BCUT2D eigenvalue weighted by molar-refractivity contribution is 7.86. The number of nitrogens with one attached hydrogen (secondary N) is 2. The van der Waals surface area contributed by atoms with E-state index in [4.69, 9.17) is 15.9 Å². The molecule has 8 heteroatoms. The second kappa shape index (κ2) is 5.60. The number of benzene rings is 2. The summed E-state index contributed by atoms with van der Waals surface area (Å²) in [5, 5.41) is 3.17. The van der Waals surface area contributed by atoms with Gasteiger partial charge in [0.2, 0.25) is 5.91 Å². The predicted octanol–water partition coefficient (Wildman–Crippen LogP) is 2.57. The van der Waals surface area contributed by atoms with Gasteiger partial charge in [-0.1, -0.05) is 11.6 Å². The Bertz CT molecular complexity index is 834. The minimum atomic E-state index is -3.99. The molecule has 6 nitrogen and oxygen atoms in total. The van der Waals surface area contributed by atoms with Gasteiger partial charge in [0.05, 0.1) is 17.0 Å². The maximum absolute atomic E-state index is 12.1. The van der Waals surface area contributed by atoms with Crippen LogP contribution in [0.1, 0.15) is 5.56 Å². The van der Waals surface area contributed by atoms with Crippen molar-refractivity contribution in [2.45, 2.75) is 11.3 Å². The summed E-state index contributed by atoms with van der Waals surface area (Å²) in [6.45, 7) is 0. The molecule has 2 N–H and O–H groups in total. The molecule has 1 amide bonds. The molecule has 1 heterocycles. The Morgan fingerprint density at radius 2 is 1.86 bits per heavy atom. The van der Waals surface area contributed by atoms with Gasteiger partial charge in [-0.25, -0.2) is 5.48 Å². The molecule has 0 bridgehead atoms. The quantitative estimate of drug-likeness (QED) is 0.837. The number of amides is 1. The van der Waals surface area contributed by atoms with E-state index >= 15 is 0 Å². The van der Waals surface area contributed by atoms with E-state index in [1.165, 1.54) is 12.1 Å². The third-order valence-electron chi connectivity index (χ3n) is 3.10. The van der Waals surface area contributed by atoms with Crippen LogP contribution in [-0.4, -0.2) is 14.3 Å². The minimum absolute atomic E-state index is 0.0239. The maximum Gasteiger partial charge on any atom is 0.317 e. The molecule has 0 fully saturated rings. The lowest BCUT2D eigenvalue weighted by atomic mass is 10.2. The van der Waals surface area contributed by atoms with Gasteiger partial charge in [0, 0.05) is 10.7 Å². The molecule has 0 aliphatic carbocycles. The first-order chi connectivity index (χ1) is 10.4. The number of anilines is 2. The van der Waals surface area contributed by atoms with E-state index in [9.17, 15) is 13.2 Å². The fraction of sp³-hybridized carbons (Fsp3) is 0.0714. The molecule has 1 aliphatic heterocycles. The van der Waals surface area contributed by atoms with Crippen molar-refractivity contribution in [2.75, 3.05) is 10.8 Å². The van der Waals surface area contributed by atoms with Crippen LogP contribution in [0.25, 0.3) is 0 Å². The van der Waals surface area contributed by atoms with Crippen LogP contribution in [0.2, 0.25) is 5.02 Å². The number of carbonyl (C=O) groups is 1. The monoisotopic (exact) mass is 338 g/mol. The lowest BCUT2D eigenvalue weighted by Crippen LogP contribution is -2.11. The minimum Gasteiger partial charge on any atom is -0.326 e. The third-order valence-corrected chi connectivity index (χ3v) is 4.49. The Labute approximate surface area is 132 Å². The third kappa shape index (κ3) is 3.06. The average Bonchev–Trinajstić information content (AvgIpc) is 2.86. The molecule has 3 rings (SSSR count). The van der Waals surface area contributed by atoms with Crippen molar-refractivity contribution >= 4 is 39.0 Å². The van der Waals surface area contributed by atoms with Crippen molar-refractivity contribution < 1.29 is 17.5 Å². The number of rotatable bonds is 4. The molecular weight excluding hydrogens is 328 g/mol. The predicted molar refractivity (Wildman–Crippen MR) is 82.1 cm³/mol. The topological polar surface area (TPSA) is 84.5 Å².